The Balaban J connectivity index is 2.26. The fourth-order valence-electron chi connectivity index (χ4n) is 1.78. The van der Waals surface area contributed by atoms with Crippen molar-refractivity contribution >= 4 is 33.2 Å². The highest BCUT2D eigenvalue weighted by Gasteiger charge is 2.20. The summed E-state index contributed by atoms with van der Waals surface area (Å²) in [5.41, 5.74) is 0.546. The predicted molar refractivity (Wildman–Crippen MR) is 83.4 cm³/mol. The molecule has 1 N–H and O–H groups in total. The van der Waals surface area contributed by atoms with Crippen LogP contribution in [0.25, 0.3) is 0 Å². The lowest BCUT2D eigenvalue weighted by Gasteiger charge is -2.11. The second-order valence-electron chi connectivity index (χ2n) is 4.36. The molecule has 0 aliphatic heterocycles. The molecule has 0 unspecified atom stereocenters. The van der Waals surface area contributed by atoms with Crippen molar-refractivity contribution in [1.82, 2.24) is 4.72 Å². The second-order valence-corrected chi connectivity index (χ2v) is 6.93. The molecule has 0 spiro atoms. The maximum absolute atomic E-state index is 13.3. The molecule has 2 aromatic rings. The predicted octanol–water partition coefficient (Wildman–Crippen LogP) is 3.62. The first-order chi connectivity index (χ1) is 10.3. The van der Waals surface area contributed by atoms with E-state index in [0.717, 1.165) is 12.1 Å². The van der Waals surface area contributed by atoms with Crippen LogP contribution in [0.1, 0.15) is 5.56 Å². The maximum atomic E-state index is 13.3. The first-order valence-corrected chi connectivity index (χ1v) is 8.34. The fraction of sp³-hybridized carbons (Fsp3) is 0.143. The lowest BCUT2D eigenvalue weighted by Crippen LogP contribution is -2.24. The molecule has 22 heavy (non-hydrogen) atoms. The minimum Gasteiger partial charge on any atom is -0.495 e. The van der Waals surface area contributed by atoms with Crippen molar-refractivity contribution in [3.63, 3.8) is 0 Å². The van der Waals surface area contributed by atoms with E-state index in [4.69, 9.17) is 27.9 Å². The smallest absolute Gasteiger partial charge is 0.244 e. The standard InChI is InChI=1S/C14H12Cl2FNO3S/c1-21-13-5-4-11(17)7-14(13)22(19,20)18-8-9-2-3-10(15)6-12(9)16/h2-7,18H,8H2,1H3. The Labute approximate surface area is 137 Å². The molecule has 0 aliphatic carbocycles. The Morgan fingerprint density at radius 1 is 1.18 bits per heavy atom. The van der Waals surface area contributed by atoms with Gasteiger partial charge in [0.25, 0.3) is 0 Å². The number of ether oxygens (including phenoxy) is 1. The summed E-state index contributed by atoms with van der Waals surface area (Å²) in [6.45, 7) is -0.0575. The maximum Gasteiger partial charge on any atom is 0.244 e. The first kappa shape index (κ1) is 17.0. The van der Waals surface area contributed by atoms with Crippen LogP contribution in [0.2, 0.25) is 10.0 Å². The van der Waals surface area contributed by atoms with Crippen molar-refractivity contribution in [2.75, 3.05) is 7.11 Å². The molecule has 118 valence electrons. The zero-order chi connectivity index (χ0) is 16.3. The van der Waals surface area contributed by atoms with Gasteiger partial charge >= 0.3 is 0 Å². The number of nitrogens with one attached hydrogen (secondary N) is 1. The second kappa shape index (κ2) is 6.83. The Bertz CT molecular complexity index is 797. The highest BCUT2D eigenvalue weighted by Crippen LogP contribution is 2.25. The highest BCUT2D eigenvalue weighted by atomic mass is 35.5. The average molecular weight is 364 g/mol. The minimum absolute atomic E-state index is 0.0519. The largest absolute Gasteiger partial charge is 0.495 e. The van der Waals surface area contributed by atoms with E-state index >= 15 is 0 Å². The Kier molecular flexibility index (Phi) is 5.28. The lowest BCUT2D eigenvalue weighted by atomic mass is 10.2. The zero-order valence-corrected chi connectivity index (χ0v) is 13.8. The molecule has 2 aromatic carbocycles. The quantitative estimate of drug-likeness (QED) is 0.882. The normalized spacial score (nSPS) is 11.5. The Morgan fingerprint density at radius 2 is 1.91 bits per heavy atom. The molecular weight excluding hydrogens is 352 g/mol. The van der Waals surface area contributed by atoms with Crippen molar-refractivity contribution in [1.29, 1.82) is 0 Å². The van der Waals surface area contributed by atoms with E-state index in [9.17, 15) is 12.8 Å². The van der Waals surface area contributed by atoms with Gasteiger partial charge in [-0.25, -0.2) is 17.5 Å². The number of halogens is 3. The zero-order valence-electron chi connectivity index (χ0n) is 11.4. The van der Waals surface area contributed by atoms with Crippen molar-refractivity contribution in [2.45, 2.75) is 11.4 Å². The van der Waals surface area contributed by atoms with E-state index in [1.165, 1.54) is 19.2 Å². The van der Waals surface area contributed by atoms with Crippen LogP contribution >= 0.6 is 23.2 Å². The molecule has 0 bridgehead atoms. The molecular formula is C14H12Cl2FNO3S. The Morgan fingerprint density at radius 3 is 2.55 bits per heavy atom. The van der Waals surface area contributed by atoms with Gasteiger partial charge in [-0.1, -0.05) is 29.3 Å². The summed E-state index contributed by atoms with van der Waals surface area (Å²) < 4.78 is 45.2. The van der Waals surface area contributed by atoms with E-state index < -0.39 is 15.8 Å². The van der Waals surface area contributed by atoms with E-state index in [1.807, 2.05) is 0 Å². The van der Waals surface area contributed by atoms with Gasteiger partial charge in [-0.05, 0) is 35.9 Å². The molecule has 4 nitrogen and oxygen atoms in total. The van der Waals surface area contributed by atoms with Crippen LogP contribution in [-0.4, -0.2) is 15.5 Å². The number of hydrogen-bond acceptors (Lipinski definition) is 3. The summed E-state index contributed by atoms with van der Waals surface area (Å²) in [7, 11) is -2.65. The third kappa shape index (κ3) is 3.89. The van der Waals surface area contributed by atoms with Crippen molar-refractivity contribution < 1.29 is 17.5 Å². The molecule has 2 rings (SSSR count). The number of rotatable bonds is 5. The fourth-order valence-corrected chi connectivity index (χ4v) is 3.44. The topological polar surface area (TPSA) is 55.4 Å². The number of benzene rings is 2. The van der Waals surface area contributed by atoms with Gasteiger partial charge in [0.2, 0.25) is 10.0 Å². The SMILES string of the molecule is COc1ccc(F)cc1S(=O)(=O)NCc1ccc(Cl)cc1Cl. The molecule has 0 fully saturated rings. The van der Waals surface area contributed by atoms with E-state index in [2.05, 4.69) is 4.72 Å². The Hall–Kier alpha value is -1.34. The van der Waals surface area contributed by atoms with Gasteiger partial charge in [-0.15, -0.1) is 0 Å². The summed E-state index contributed by atoms with van der Waals surface area (Å²) >= 11 is 11.8. The van der Waals surface area contributed by atoms with Gasteiger partial charge in [0.1, 0.15) is 16.5 Å². The summed E-state index contributed by atoms with van der Waals surface area (Å²) in [5.74, 6) is -0.623. The van der Waals surface area contributed by atoms with Crippen LogP contribution in [0.4, 0.5) is 4.39 Å². The van der Waals surface area contributed by atoms with E-state index in [-0.39, 0.29) is 17.2 Å². The summed E-state index contributed by atoms with van der Waals surface area (Å²) in [6.07, 6.45) is 0. The van der Waals surface area contributed by atoms with Crippen LogP contribution in [0.15, 0.2) is 41.3 Å². The monoisotopic (exact) mass is 363 g/mol. The summed E-state index contributed by atoms with van der Waals surface area (Å²) in [5, 5.41) is 0.782. The van der Waals surface area contributed by atoms with E-state index in [1.54, 1.807) is 12.1 Å². The molecule has 0 atom stereocenters. The van der Waals surface area contributed by atoms with Gasteiger partial charge < -0.3 is 4.74 Å². The molecule has 0 saturated carbocycles. The van der Waals surface area contributed by atoms with Crippen LogP contribution in [0.5, 0.6) is 5.75 Å². The third-order valence-electron chi connectivity index (χ3n) is 2.88. The van der Waals surface area contributed by atoms with E-state index in [0.29, 0.717) is 15.6 Å². The van der Waals surface area contributed by atoms with Crippen LogP contribution in [0, 0.1) is 5.82 Å². The molecule has 0 aliphatic rings. The highest BCUT2D eigenvalue weighted by molar-refractivity contribution is 7.89. The third-order valence-corrected chi connectivity index (χ3v) is 4.89. The summed E-state index contributed by atoms with van der Waals surface area (Å²) in [4.78, 5) is -0.278. The molecule has 0 radical (unpaired) electrons. The van der Waals surface area contributed by atoms with Crippen molar-refractivity contribution in [2.24, 2.45) is 0 Å². The molecule has 8 heteroatoms. The lowest BCUT2D eigenvalue weighted by molar-refractivity contribution is 0.400. The molecule has 0 amide bonds. The number of sulfonamides is 1. The molecule has 0 heterocycles. The van der Waals surface area contributed by atoms with Crippen LogP contribution in [-0.2, 0) is 16.6 Å². The summed E-state index contributed by atoms with van der Waals surface area (Å²) in [6, 6.07) is 7.98. The van der Waals surface area contributed by atoms with Crippen LogP contribution < -0.4 is 9.46 Å². The van der Waals surface area contributed by atoms with Crippen molar-refractivity contribution in [3.8, 4) is 5.75 Å². The van der Waals surface area contributed by atoms with Gasteiger partial charge in [0.05, 0.1) is 7.11 Å². The van der Waals surface area contributed by atoms with Crippen LogP contribution in [0.3, 0.4) is 0 Å². The molecule has 0 aromatic heterocycles. The van der Waals surface area contributed by atoms with Crippen molar-refractivity contribution in [3.05, 3.63) is 57.8 Å². The van der Waals surface area contributed by atoms with Gasteiger partial charge in [0, 0.05) is 16.6 Å². The average Bonchev–Trinajstić information content (AvgIpc) is 2.46. The van der Waals surface area contributed by atoms with Gasteiger partial charge in [0.15, 0.2) is 0 Å². The first-order valence-electron chi connectivity index (χ1n) is 6.10. The number of methoxy groups -OCH3 is 1. The number of hydrogen-bond donors (Lipinski definition) is 1. The molecule has 0 saturated heterocycles. The minimum atomic E-state index is -3.96. The van der Waals surface area contributed by atoms with Gasteiger partial charge in [-0.2, -0.15) is 0 Å². The van der Waals surface area contributed by atoms with Gasteiger partial charge in [-0.3, -0.25) is 0 Å².